The molecular formula is C12H15NO6. The fourth-order valence-corrected chi connectivity index (χ4v) is 2.07. The largest absolute Gasteiger partial charge is 0.464 e. The third kappa shape index (κ3) is 2.45. The van der Waals surface area contributed by atoms with Gasteiger partial charge in [0, 0.05) is 11.8 Å². The number of pyridine rings is 1. The second kappa shape index (κ2) is 5.62. The van der Waals surface area contributed by atoms with E-state index in [0.717, 1.165) is 0 Å². The topological polar surface area (TPSA) is 109 Å². The van der Waals surface area contributed by atoms with Gasteiger partial charge in [-0.25, -0.2) is 9.78 Å². The van der Waals surface area contributed by atoms with Gasteiger partial charge in [0.1, 0.15) is 24.4 Å². The summed E-state index contributed by atoms with van der Waals surface area (Å²) in [4.78, 5) is 15.5. The van der Waals surface area contributed by atoms with Gasteiger partial charge in [0.15, 0.2) is 5.69 Å². The summed E-state index contributed by atoms with van der Waals surface area (Å²) in [6, 6.07) is 3.14. The van der Waals surface area contributed by atoms with Gasteiger partial charge < -0.3 is 24.8 Å². The molecule has 0 radical (unpaired) electrons. The molecule has 0 bridgehead atoms. The highest BCUT2D eigenvalue weighted by Gasteiger charge is 2.44. The molecule has 0 unspecified atom stereocenters. The standard InChI is InChI=1S/C12H15NO6/c1-18-12(17)8-6(3-2-4-13-8)11-10(16)9(15)7(5-14)19-11/h2-4,7,9-11,14-16H,5H2,1H3/t7-,9-,10-,11-/m1/s1. The van der Waals surface area contributed by atoms with Crippen LogP contribution in [0.2, 0.25) is 0 Å². The highest BCUT2D eigenvalue weighted by Crippen LogP contribution is 2.34. The quantitative estimate of drug-likeness (QED) is 0.605. The van der Waals surface area contributed by atoms with Gasteiger partial charge in [0.05, 0.1) is 13.7 Å². The van der Waals surface area contributed by atoms with Crippen molar-refractivity contribution in [3.63, 3.8) is 0 Å². The van der Waals surface area contributed by atoms with Crippen LogP contribution in [0.3, 0.4) is 0 Å². The molecule has 7 nitrogen and oxygen atoms in total. The third-order valence-corrected chi connectivity index (χ3v) is 3.07. The number of esters is 1. The van der Waals surface area contributed by atoms with Crippen molar-refractivity contribution in [2.24, 2.45) is 0 Å². The van der Waals surface area contributed by atoms with Crippen LogP contribution in [-0.2, 0) is 9.47 Å². The Labute approximate surface area is 109 Å². The highest BCUT2D eigenvalue weighted by molar-refractivity contribution is 5.88. The number of nitrogens with zero attached hydrogens (tertiary/aromatic N) is 1. The normalized spacial score (nSPS) is 30.3. The monoisotopic (exact) mass is 269 g/mol. The molecule has 1 aromatic rings. The van der Waals surface area contributed by atoms with Crippen LogP contribution in [0.15, 0.2) is 18.3 Å². The lowest BCUT2D eigenvalue weighted by atomic mass is 10.0. The first-order valence-electron chi connectivity index (χ1n) is 5.75. The lowest BCUT2D eigenvalue weighted by Gasteiger charge is -2.16. The van der Waals surface area contributed by atoms with E-state index < -0.39 is 37.0 Å². The summed E-state index contributed by atoms with van der Waals surface area (Å²) in [6.07, 6.45) is -2.89. The molecule has 1 saturated heterocycles. The van der Waals surface area contributed by atoms with Crippen LogP contribution in [0.25, 0.3) is 0 Å². The van der Waals surface area contributed by atoms with Crippen LogP contribution < -0.4 is 0 Å². The van der Waals surface area contributed by atoms with E-state index in [-0.39, 0.29) is 5.69 Å². The lowest BCUT2D eigenvalue weighted by molar-refractivity contribution is -0.0231. The number of carbonyl (C=O) groups is 1. The van der Waals surface area contributed by atoms with Crippen molar-refractivity contribution in [2.75, 3.05) is 13.7 Å². The molecule has 19 heavy (non-hydrogen) atoms. The van der Waals surface area contributed by atoms with Crippen molar-refractivity contribution >= 4 is 5.97 Å². The summed E-state index contributed by atoms with van der Waals surface area (Å²) in [6.45, 7) is -0.428. The van der Waals surface area contributed by atoms with Gasteiger partial charge in [-0.3, -0.25) is 0 Å². The number of hydrogen-bond donors (Lipinski definition) is 3. The smallest absolute Gasteiger partial charge is 0.357 e. The molecular weight excluding hydrogens is 254 g/mol. The van der Waals surface area contributed by atoms with Gasteiger partial charge >= 0.3 is 5.97 Å². The molecule has 0 aromatic carbocycles. The summed E-state index contributed by atoms with van der Waals surface area (Å²) in [5.74, 6) is -0.659. The Hall–Kier alpha value is -1.54. The van der Waals surface area contributed by atoms with E-state index in [2.05, 4.69) is 9.72 Å². The summed E-state index contributed by atoms with van der Waals surface area (Å²) in [5, 5.41) is 28.7. The minimum Gasteiger partial charge on any atom is -0.464 e. The Morgan fingerprint density at radius 3 is 2.79 bits per heavy atom. The number of aromatic nitrogens is 1. The van der Waals surface area contributed by atoms with E-state index >= 15 is 0 Å². The van der Waals surface area contributed by atoms with Crippen molar-refractivity contribution in [1.29, 1.82) is 0 Å². The number of hydrogen-bond acceptors (Lipinski definition) is 7. The zero-order valence-corrected chi connectivity index (χ0v) is 10.3. The SMILES string of the molecule is COC(=O)c1ncccc1[C@H]1O[C@H](CO)[C@@H](O)[C@H]1O. The molecule has 2 rings (SSSR count). The van der Waals surface area contributed by atoms with Crippen molar-refractivity contribution in [3.05, 3.63) is 29.6 Å². The Balaban J connectivity index is 2.35. The minimum absolute atomic E-state index is 0.0137. The number of ether oxygens (including phenoxy) is 2. The van der Waals surface area contributed by atoms with E-state index in [1.54, 1.807) is 12.1 Å². The molecule has 0 aliphatic carbocycles. The average molecular weight is 269 g/mol. The Morgan fingerprint density at radius 2 is 2.21 bits per heavy atom. The van der Waals surface area contributed by atoms with Crippen molar-refractivity contribution in [1.82, 2.24) is 4.98 Å². The molecule has 0 amide bonds. The Kier molecular flexibility index (Phi) is 4.11. The molecule has 3 N–H and O–H groups in total. The van der Waals surface area contributed by atoms with Gasteiger partial charge in [0.2, 0.25) is 0 Å². The van der Waals surface area contributed by atoms with Gasteiger partial charge in [-0.1, -0.05) is 6.07 Å². The lowest BCUT2D eigenvalue weighted by Crippen LogP contribution is -2.32. The maximum absolute atomic E-state index is 11.6. The van der Waals surface area contributed by atoms with Crippen molar-refractivity contribution in [3.8, 4) is 0 Å². The molecule has 2 heterocycles. The molecule has 1 fully saturated rings. The summed E-state index contributed by atoms with van der Waals surface area (Å²) in [5.41, 5.74) is 0.330. The molecule has 104 valence electrons. The first kappa shape index (κ1) is 13.9. The third-order valence-electron chi connectivity index (χ3n) is 3.07. The van der Waals surface area contributed by atoms with Crippen molar-refractivity contribution in [2.45, 2.75) is 24.4 Å². The van der Waals surface area contributed by atoms with Crippen molar-refractivity contribution < 1.29 is 29.6 Å². The highest BCUT2D eigenvalue weighted by atomic mass is 16.6. The fourth-order valence-electron chi connectivity index (χ4n) is 2.07. The van der Waals surface area contributed by atoms with Gasteiger partial charge in [-0.2, -0.15) is 0 Å². The molecule has 0 spiro atoms. The van der Waals surface area contributed by atoms with Gasteiger partial charge in [0.25, 0.3) is 0 Å². The molecule has 4 atom stereocenters. The second-order valence-electron chi connectivity index (χ2n) is 4.19. The Morgan fingerprint density at radius 1 is 1.47 bits per heavy atom. The van der Waals surface area contributed by atoms with Crippen LogP contribution in [-0.4, -0.2) is 58.3 Å². The predicted octanol–water partition coefficient (Wildman–Crippen LogP) is -0.978. The summed E-state index contributed by atoms with van der Waals surface area (Å²) >= 11 is 0. The molecule has 7 heteroatoms. The van der Waals surface area contributed by atoms with E-state index in [1.165, 1.54) is 13.3 Å². The van der Waals surface area contributed by atoms with Gasteiger partial charge in [-0.05, 0) is 6.07 Å². The van der Waals surface area contributed by atoms with Crippen LogP contribution in [0.1, 0.15) is 22.2 Å². The summed E-state index contributed by atoms with van der Waals surface area (Å²) in [7, 11) is 1.22. The zero-order chi connectivity index (χ0) is 14.0. The first-order chi connectivity index (χ1) is 9.10. The Bertz CT molecular complexity index is 465. The number of methoxy groups -OCH3 is 1. The minimum atomic E-state index is -1.25. The van der Waals surface area contributed by atoms with E-state index in [0.29, 0.717) is 5.56 Å². The number of rotatable bonds is 3. The number of aliphatic hydroxyl groups is 3. The van der Waals surface area contributed by atoms with Crippen LogP contribution in [0.4, 0.5) is 0 Å². The van der Waals surface area contributed by atoms with Crippen LogP contribution in [0.5, 0.6) is 0 Å². The molecule has 1 aliphatic heterocycles. The summed E-state index contributed by atoms with van der Waals surface area (Å²) < 4.78 is 9.96. The fraction of sp³-hybridized carbons (Fsp3) is 0.500. The van der Waals surface area contributed by atoms with E-state index in [1.807, 2.05) is 0 Å². The maximum atomic E-state index is 11.6. The molecule has 1 aromatic heterocycles. The van der Waals surface area contributed by atoms with E-state index in [9.17, 15) is 15.0 Å². The average Bonchev–Trinajstić information content (AvgIpc) is 2.74. The predicted molar refractivity (Wildman–Crippen MR) is 62.3 cm³/mol. The zero-order valence-electron chi connectivity index (χ0n) is 10.3. The molecule has 1 aliphatic rings. The number of aliphatic hydroxyl groups excluding tert-OH is 3. The first-order valence-corrected chi connectivity index (χ1v) is 5.75. The van der Waals surface area contributed by atoms with Gasteiger partial charge in [-0.15, -0.1) is 0 Å². The number of carbonyl (C=O) groups excluding carboxylic acids is 1. The van der Waals surface area contributed by atoms with Crippen LogP contribution in [0, 0.1) is 0 Å². The molecule has 0 saturated carbocycles. The van der Waals surface area contributed by atoms with E-state index in [4.69, 9.17) is 9.84 Å². The second-order valence-corrected chi connectivity index (χ2v) is 4.19. The maximum Gasteiger partial charge on any atom is 0.357 e. The van der Waals surface area contributed by atoms with Crippen LogP contribution >= 0.6 is 0 Å².